The molecule has 0 saturated carbocycles. The molecule has 1 aromatic rings. The molecule has 0 aliphatic carbocycles. The molecular formula is C32H48ClN4O6P. The highest BCUT2D eigenvalue weighted by Gasteiger charge is 2.34. The lowest BCUT2D eigenvalue weighted by atomic mass is 9.91. The maximum absolute atomic E-state index is 13.6. The van der Waals surface area contributed by atoms with Gasteiger partial charge < -0.3 is 29.1 Å². The highest BCUT2D eigenvalue weighted by molar-refractivity contribution is 7.52. The first-order valence-electron chi connectivity index (χ1n) is 15.3. The van der Waals surface area contributed by atoms with Crippen molar-refractivity contribution < 1.29 is 28.4 Å². The van der Waals surface area contributed by atoms with Crippen molar-refractivity contribution in [3.05, 3.63) is 46.2 Å². The Morgan fingerprint density at radius 3 is 2.57 bits per heavy atom. The van der Waals surface area contributed by atoms with Crippen LogP contribution in [0.1, 0.15) is 72.8 Å². The number of nitrogens with zero attached hydrogens (tertiary/aromatic N) is 3. The molecule has 1 N–H and O–H groups in total. The van der Waals surface area contributed by atoms with Gasteiger partial charge in [-0.25, -0.2) is 9.59 Å². The number of nitriles is 1. The third-order valence-electron chi connectivity index (χ3n) is 7.06. The Morgan fingerprint density at radius 2 is 1.95 bits per heavy atom. The van der Waals surface area contributed by atoms with Gasteiger partial charge in [-0.2, -0.15) is 5.26 Å². The molecule has 1 aliphatic rings. The quantitative estimate of drug-likeness (QED) is 0.105. The van der Waals surface area contributed by atoms with Crippen LogP contribution in [0.15, 0.2) is 35.7 Å². The van der Waals surface area contributed by atoms with Crippen molar-refractivity contribution in [2.45, 2.75) is 85.4 Å². The topological polar surface area (TPSA) is 121 Å². The predicted octanol–water partition coefficient (Wildman–Crippen LogP) is 6.44. The van der Waals surface area contributed by atoms with Crippen LogP contribution in [0.5, 0.6) is 0 Å². The predicted molar refractivity (Wildman–Crippen MR) is 173 cm³/mol. The first-order valence-corrected chi connectivity index (χ1v) is 17.5. The third kappa shape index (κ3) is 12.2. The third-order valence-corrected chi connectivity index (χ3v) is 8.85. The van der Waals surface area contributed by atoms with Gasteiger partial charge in [0.1, 0.15) is 24.0 Å². The summed E-state index contributed by atoms with van der Waals surface area (Å²) >= 11 is 6.53. The van der Waals surface area contributed by atoms with Crippen LogP contribution in [0, 0.1) is 17.2 Å². The molecule has 0 aromatic heterocycles. The van der Waals surface area contributed by atoms with E-state index in [2.05, 4.69) is 18.3 Å². The molecule has 244 valence electrons. The maximum atomic E-state index is 13.6. The van der Waals surface area contributed by atoms with Gasteiger partial charge in [-0.05, 0) is 78.1 Å². The van der Waals surface area contributed by atoms with E-state index in [1.165, 1.54) is 0 Å². The van der Waals surface area contributed by atoms with Gasteiger partial charge >= 0.3 is 18.0 Å². The van der Waals surface area contributed by atoms with Crippen molar-refractivity contribution in [1.82, 2.24) is 15.1 Å². The van der Waals surface area contributed by atoms with Crippen LogP contribution in [0.3, 0.4) is 0 Å². The van der Waals surface area contributed by atoms with E-state index in [9.17, 15) is 19.6 Å². The summed E-state index contributed by atoms with van der Waals surface area (Å²) in [6.07, 6.45) is 3.64. The van der Waals surface area contributed by atoms with E-state index in [0.717, 1.165) is 37.4 Å². The van der Waals surface area contributed by atoms with Gasteiger partial charge in [0.25, 0.3) is 0 Å². The standard InChI is InChI=1S/C32H48ClN4O6P/c1-8-10-18-44(7)43-30(39)26(19-34)29(37(22-28(38)41-9-2)21-25-14-11-12-16-27(25)33)36-17-13-15-24(20-36)23(3)35-31(40)42-32(4,5)6/h11-12,14,16,23-24H,8-10,13,15,17-18,20-22H2,1-7H3,(H,35,40)/b29-26+/t23-,24?,44?/m0/s1. The highest BCUT2D eigenvalue weighted by atomic mass is 35.5. The summed E-state index contributed by atoms with van der Waals surface area (Å²) in [5.41, 5.74) is -0.0980. The summed E-state index contributed by atoms with van der Waals surface area (Å²) < 4.78 is 16.6. The largest absolute Gasteiger partial charge is 0.465 e. The van der Waals surface area contributed by atoms with E-state index in [1.807, 2.05) is 36.7 Å². The van der Waals surface area contributed by atoms with Crippen molar-refractivity contribution in [2.75, 3.05) is 39.1 Å². The number of benzene rings is 1. The first-order chi connectivity index (χ1) is 20.8. The fourth-order valence-corrected chi connectivity index (χ4v) is 6.36. The Balaban J connectivity index is 2.56. The first kappa shape index (κ1) is 37.2. The Labute approximate surface area is 268 Å². The van der Waals surface area contributed by atoms with Crippen molar-refractivity contribution >= 4 is 37.8 Å². The maximum Gasteiger partial charge on any atom is 0.407 e. The molecule has 1 aromatic carbocycles. The summed E-state index contributed by atoms with van der Waals surface area (Å²) in [6.45, 7) is 14.1. The lowest BCUT2D eigenvalue weighted by Crippen LogP contribution is -2.49. The van der Waals surface area contributed by atoms with Crippen LogP contribution in [-0.2, 0) is 30.1 Å². The molecule has 1 aliphatic heterocycles. The smallest absolute Gasteiger partial charge is 0.407 e. The normalized spacial score (nSPS) is 17.0. The van der Waals surface area contributed by atoms with Crippen LogP contribution in [0.25, 0.3) is 0 Å². The van der Waals surface area contributed by atoms with Crippen molar-refractivity contribution in [2.24, 2.45) is 5.92 Å². The summed E-state index contributed by atoms with van der Waals surface area (Å²) in [6, 6.07) is 9.09. The lowest BCUT2D eigenvalue weighted by Gasteiger charge is -2.42. The van der Waals surface area contributed by atoms with Gasteiger partial charge in [0.15, 0.2) is 5.57 Å². The second kappa shape index (κ2) is 18.1. The SMILES string of the molecule is CCCCP(C)OC(=O)/C(C#N)=C(/N(CC(=O)OCC)Cc1ccccc1Cl)N1CCCC([C@H](C)NC(=O)OC(C)(C)C)C1. The van der Waals surface area contributed by atoms with Gasteiger partial charge in [-0.1, -0.05) is 43.1 Å². The van der Waals surface area contributed by atoms with Crippen molar-refractivity contribution in [3.8, 4) is 6.07 Å². The number of unbranched alkanes of at least 4 members (excludes halogenated alkanes) is 1. The number of amides is 1. The Hall–Kier alpha value is -3.02. The highest BCUT2D eigenvalue weighted by Crippen LogP contribution is 2.36. The van der Waals surface area contributed by atoms with Crippen LogP contribution in [-0.4, -0.2) is 78.5 Å². The van der Waals surface area contributed by atoms with E-state index in [1.54, 1.807) is 38.7 Å². The number of piperidine rings is 1. The number of nitrogens with one attached hydrogen (secondary N) is 1. The number of rotatable bonds is 14. The van der Waals surface area contributed by atoms with Gasteiger partial charge in [0.2, 0.25) is 0 Å². The summed E-state index contributed by atoms with van der Waals surface area (Å²) in [5, 5.41) is 13.9. The number of hydrogen-bond donors (Lipinski definition) is 1. The van der Waals surface area contributed by atoms with Crippen LogP contribution in [0.4, 0.5) is 4.79 Å². The van der Waals surface area contributed by atoms with Gasteiger partial charge in [0, 0.05) is 36.9 Å². The minimum absolute atomic E-state index is 0.0279. The lowest BCUT2D eigenvalue weighted by molar-refractivity contribution is -0.144. The molecule has 1 amide bonds. The molecule has 44 heavy (non-hydrogen) atoms. The Kier molecular flexibility index (Phi) is 15.3. The average molecular weight is 651 g/mol. The summed E-state index contributed by atoms with van der Waals surface area (Å²) in [7, 11) is -1.09. The molecule has 2 rings (SSSR count). The number of carbonyl (C=O) groups excluding carboxylic acids is 3. The zero-order valence-corrected chi connectivity index (χ0v) is 28.8. The van der Waals surface area contributed by atoms with Crippen LogP contribution < -0.4 is 5.32 Å². The van der Waals surface area contributed by atoms with Crippen LogP contribution in [0.2, 0.25) is 5.02 Å². The Morgan fingerprint density at radius 1 is 1.25 bits per heavy atom. The molecule has 0 radical (unpaired) electrons. The second-order valence-electron chi connectivity index (χ2n) is 11.9. The van der Waals surface area contributed by atoms with Gasteiger partial charge in [0.05, 0.1) is 14.8 Å². The second-order valence-corrected chi connectivity index (χ2v) is 14.2. The minimum Gasteiger partial charge on any atom is -0.465 e. The fraction of sp³-hybridized carbons (Fsp3) is 0.625. The van der Waals surface area contributed by atoms with E-state index in [4.69, 9.17) is 25.6 Å². The monoisotopic (exact) mass is 650 g/mol. The fourth-order valence-electron chi connectivity index (χ4n) is 4.94. The molecule has 1 heterocycles. The van der Waals surface area contributed by atoms with Crippen molar-refractivity contribution in [3.63, 3.8) is 0 Å². The zero-order valence-electron chi connectivity index (χ0n) is 27.2. The number of carbonyl (C=O) groups is 3. The molecule has 0 bridgehead atoms. The molecule has 10 nitrogen and oxygen atoms in total. The Bertz CT molecular complexity index is 1200. The molecule has 1 saturated heterocycles. The molecule has 1 fully saturated rings. The average Bonchev–Trinajstić information content (AvgIpc) is 2.94. The zero-order chi connectivity index (χ0) is 32.9. The summed E-state index contributed by atoms with van der Waals surface area (Å²) in [4.78, 5) is 42.7. The van der Waals surface area contributed by atoms with E-state index < -0.39 is 31.8 Å². The number of halogens is 1. The number of likely N-dealkylation sites (tertiary alicyclic amines) is 1. The molecule has 3 atom stereocenters. The molecule has 0 spiro atoms. The number of hydrogen-bond acceptors (Lipinski definition) is 9. The number of esters is 1. The van der Waals surface area contributed by atoms with Gasteiger partial charge in [-0.3, -0.25) is 4.79 Å². The van der Waals surface area contributed by atoms with E-state index in [-0.39, 0.29) is 37.2 Å². The summed E-state index contributed by atoms with van der Waals surface area (Å²) in [5.74, 6) is -0.961. The van der Waals surface area contributed by atoms with Crippen molar-refractivity contribution in [1.29, 1.82) is 5.26 Å². The van der Waals surface area contributed by atoms with E-state index in [0.29, 0.717) is 23.9 Å². The van der Waals surface area contributed by atoms with Gasteiger partial charge in [-0.15, -0.1) is 0 Å². The van der Waals surface area contributed by atoms with Crippen LogP contribution >= 0.6 is 19.7 Å². The number of alkyl carbamates (subject to hydrolysis) is 1. The van der Waals surface area contributed by atoms with E-state index >= 15 is 0 Å². The molecule has 12 heteroatoms. The molecule has 2 unspecified atom stereocenters. The molecular weight excluding hydrogens is 603 g/mol. The number of ether oxygens (including phenoxy) is 2. The minimum atomic E-state index is -1.09.